The predicted molar refractivity (Wildman–Crippen MR) is 102 cm³/mol. The summed E-state index contributed by atoms with van der Waals surface area (Å²) >= 11 is 0. The fraction of sp³-hybridized carbons (Fsp3) is 0.111. The Balaban J connectivity index is 1.85. The number of hydrogen-bond acceptors (Lipinski definition) is 5. The first kappa shape index (κ1) is 19.7. The summed E-state index contributed by atoms with van der Waals surface area (Å²) in [7, 11) is -4.15. The van der Waals surface area contributed by atoms with Crippen LogP contribution in [0.15, 0.2) is 59.8 Å². The van der Waals surface area contributed by atoms with Gasteiger partial charge in [0.15, 0.2) is 5.82 Å². The quantitative estimate of drug-likeness (QED) is 0.570. The summed E-state index contributed by atoms with van der Waals surface area (Å²) in [5, 5.41) is 11.6. The van der Waals surface area contributed by atoms with Crippen molar-refractivity contribution in [3.63, 3.8) is 0 Å². The van der Waals surface area contributed by atoms with E-state index in [4.69, 9.17) is 10.9 Å². The average Bonchev–Trinajstić information content (AvgIpc) is 3.07. The van der Waals surface area contributed by atoms with Crippen LogP contribution in [-0.4, -0.2) is 24.1 Å². The molecule has 5 N–H and O–H groups in total. The number of nitrogens with zero attached hydrogens (tertiary/aromatic N) is 2. The van der Waals surface area contributed by atoms with Gasteiger partial charge in [0.05, 0.1) is 24.5 Å². The van der Waals surface area contributed by atoms with Crippen molar-refractivity contribution in [3.05, 3.63) is 71.8 Å². The molecule has 1 aromatic heterocycles. The molecule has 28 heavy (non-hydrogen) atoms. The first-order valence-electron chi connectivity index (χ1n) is 8.21. The fourth-order valence-corrected chi connectivity index (χ4v) is 3.44. The van der Waals surface area contributed by atoms with Gasteiger partial charge in [-0.3, -0.25) is 4.79 Å². The van der Waals surface area contributed by atoms with Crippen molar-refractivity contribution in [2.24, 2.45) is 10.9 Å². The number of anilines is 1. The molecule has 146 valence electrons. The molecular formula is C18H18FN5O3S. The summed E-state index contributed by atoms with van der Waals surface area (Å²) in [5.74, 6) is -0.968. The molecule has 0 bridgehead atoms. The zero-order chi connectivity index (χ0) is 20.3. The highest BCUT2D eigenvalue weighted by molar-refractivity contribution is 7.89. The second-order valence-electron chi connectivity index (χ2n) is 6.08. The summed E-state index contributed by atoms with van der Waals surface area (Å²) < 4.78 is 38.2. The molecule has 8 nitrogen and oxygen atoms in total. The summed E-state index contributed by atoms with van der Waals surface area (Å²) in [4.78, 5) is 12.0. The van der Waals surface area contributed by atoms with E-state index in [0.717, 1.165) is 28.2 Å². The van der Waals surface area contributed by atoms with E-state index in [9.17, 15) is 17.6 Å². The number of hydrogen-bond donors (Lipinski definition) is 3. The van der Waals surface area contributed by atoms with Crippen molar-refractivity contribution in [2.75, 3.05) is 5.32 Å². The molecule has 0 aliphatic heterocycles. The van der Waals surface area contributed by atoms with Crippen LogP contribution in [0.1, 0.15) is 11.1 Å². The van der Waals surface area contributed by atoms with Crippen molar-refractivity contribution in [1.29, 1.82) is 0 Å². The average molecular weight is 403 g/mol. The number of rotatable bonds is 6. The van der Waals surface area contributed by atoms with Crippen LogP contribution in [-0.2, 0) is 27.8 Å². The molecule has 0 spiro atoms. The van der Waals surface area contributed by atoms with E-state index in [1.807, 2.05) is 18.2 Å². The molecule has 0 saturated carbocycles. The van der Waals surface area contributed by atoms with Gasteiger partial charge in [-0.05, 0) is 29.3 Å². The van der Waals surface area contributed by atoms with Crippen molar-refractivity contribution in [3.8, 4) is 5.69 Å². The maximum Gasteiger partial charge on any atom is 0.240 e. The van der Waals surface area contributed by atoms with Crippen LogP contribution in [0.2, 0.25) is 0 Å². The van der Waals surface area contributed by atoms with Crippen LogP contribution < -0.4 is 16.2 Å². The maximum absolute atomic E-state index is 13.2. The van der Waals surface area contributed by atoms with Crippen LogP contribution in [0, 0.1) is 5.82 Å². The number of nitrogens with one attached hydrogen (secondary N) is 1. The third-order valence-electron chi connectivity index (χ3n) is 3.94. The van der Waals surface area contributed by atoms with Gasteiger partial charge in [-0.25, -0.2) is 22.6 Å². The molecule has 0 unspecified atom stereocenters. The van der Waals surface area contributed by atoms with E-state index in [0.29, 0.717) is 6.54 Å². The highest BCUT2D eigenvalue weighted by Gasteiger charge is 2.18. The number of halogens is 1. The molecule has 0 aliphatic carbocycles. The van der Waals surface area contributed by atoms with E-state index in [1.54, 1.807) is 6.07 Å². The Hall–Kier alpha value is -3.08. The summed E-state index contributed by atoms with van der Waals surface area (Å²) in [5.41, 5.74) is 7.57. The van der Waals surface area contributed by atoms with Crippen molar-refractivity contribution < 1.29 is 17.6 Å². The van der Waals surface area contributed by atoms with Crippen molar-refractivity contribution in [2.45, 2.75) is 17.9 Å². The Labute approximate surface area is 161 Å². The molecule has 1 amide bonds. The van der Waals surface area contributed by atoms with E-state index in [2.05, 4.69) is 10.4 Å². The van der Waals surface area contributed by atoms with Gasteiger partial charge in [-0.1, -0.05) is 24.3 Å². The van der Waals surface area contributed by atoms with Crippen LogP contribution in [0.25, 0.3) is 5.69 Å². The molecule has 3 aromatic rings. The van der Waals surface area contributed by atoms with Gasteiger partial charge >= 0.3 is 0 Å². The van der Waals surface area contributed by atoms with Crippen LogP contribution in [0.3, 0.4) is 0 Å². The second-order valence-corrected chi connectivity index (χ2v) is 7.61. The smallest absolute Gasteiger partial charge is 0.240 e. The zero-order valence-corrected chi connectivity index (χ0v) is 15.5. The standard InChI is InChI=1S/C18H18FN5O3S/c19-14-10-22-24(11-14)16-5-4-15(8-17(16)28(21,26)27)23-18(25)7-12-2-1-3-13(6-12)9-20/h1-6,8,10-11H,7,9,20H2,(H,23,25)(H2,21,26,27). The minimum atomic E-state index is -4.15. The molecule has 3 rings (SSSR count). The highest BCUT2D eigenvalue weighted by atomic mass is 32.2. The number of carbonyl (C=O) groups is 1. The van der Waals surface area contributed by atoms with Gasteiger partial charge in [-0.15, -0.1) is 0 Å². The van der Waals surface area contributed by atoms with E-state index >= 15 is 0 Å². The maximum atomic E-state index is 13.2. The Morgan fingerprint density at radius 1 is 1.18 bits per heavy atom. The first-order valence-corrected chi connectivity index (χ1v) is 9.76. The molecule has 1 heterocycles. The lowest BCUT2D eigenvalue weighted by molar-refractivity contribution is -0.115. The third-order valence-corrected chi connectivity index (χ3v) is 4.88. The minimum Gasteiger partial charge on any atom is -0.326 e. The number of aromatic nitrogens is 2. The number of amides is 1. The fourth-order valence-electron chi connectivity index (χ4n) is 2.70. The van der Waals surface area contributed by atoms with Gasteiger partial charge in [0.25, 0.3) is 0 Å². The summed E-state index contributed by atoms with van der Waals surface area (Å²) in [6, 6.07) is 11.4. The Morgan fingerprint density at radius 3 is 2.57 bits per heavy atom. The van der Waals surface area contributed by atoms with Gasteiger partial charge in [0.1, 0.15) is 4.90 Å². The van der Waals surface area contributed by atoms with Crippen LogP contribution >= 0.6 is 0 Å². The normalized spacial score (nSPS) is 11.4. The van der Waals surface area contributed by atoms with Gasteiger partial charge < -0.3 is 11.1 Å². The first-order chi connectivity index (χ1) is 13.3. The lowest BCUT2D eigenvalue weighted by Gasteiger charge is -2.11. The number of sulfonamides is 1. The highest BCUT2D eigenvalue weighted by Crippen LogP contribution is 2.23. The summed E-state index contributed by atoms with van der Waals surface area (Å²) in [6.07, 6.45) is 2.05. The lowest BCUT2D eigenvalue weighted by atomic mass is 10.1. The minimum absolute atomic E-state index is 0.0695. The van der Waals surface area contributed by atoms with E-state index in [1.165, 1.54) is 18.2 Å². The molecule has 0 aliphatic rings. The largest absolute Gasteiger partial charge is 0.326 e. The van der Waals surface area contributed by atoms with Crippen molar-refractivity contribution in [1.82, 2.24) is 9.78 Å². The van der Waals surface area contributed by atoms with Gasteiger partial charge in [0, 0.05) is 12.2 Å². The molecular weight excluding hydrogens is 385 g/mol. The van der Waals surface area contributed by atoms with Crippen LogP contribution in [0.4, 0.5) is 10.1 Å². The zero-order valence-electron chi connectivity index (χ0n) is 14.7. The Bertz CT molecular complexity index is 1130. The molecule has 2 aromatic carbocycles. The van der Waals surface area contributed by atoms with Crippen molar-refractivity contribution >= 4 is 21.6 Å². The SMILES string of the molecule is NCc1cccc(CC(=O)Nc2ccc(-n3cc(F)cn3)c(S(N)(=O)=O)c2)c1. The monoisotopic (exact) mass is 403 g/mol. The number of primary sulfonamides is 1. The summed E-state index contributed by atoms with van der Waals surface area (Å²) in [6.45, 7) is 0.364. The van der Waals surface area contributed by atoms with Gasteiger partial charge in [0.2, 0.25) is 15.9 Å². The molecule has 0 saturated heterocycles. The molecule has 10 heteroatoms. The third kappa shape index (κ3) is 4.60. The number of benzene rings is 2. The molecule has 0 radical (unpaired) electrons. The van der Waals surface area contributed by atoms with E-state index in [-0.39, 0.29) is 28.6 Å². The molecule has 0 atom stereocenters. The van der Waals surface area contributed by atoms with Crippen LogP contribution in [0.5, 0.6) is 0 Å². The number of nitrogens with two attached hydrogens (primary N) is 2. The van der Waals surface area contributed by atoms with E-state index < -0.39 is 15.8 Å². The topological polar surface area (TPSA) is 133 Å². The van der Waals surface area contributed by atoms with Gasteiger partial charge in [-0.2, -0.15) is 5.10 Å². The Morgan fingerprint density at radius 2 is 1.93 bits per heavy atom. The molecule has 0 fully saturated rings. The Kier molecular flexibility index (Phi) is 5.54. The number of carbonyl (C=O) groups excluding carboxylic acids is 1. The second kappa shape index (κ2) is 7.89. The predicted octanol–water partition coefficient (Wildman–Crippen LogP) is 1.30. The lowest BCUT2D eigenvalue weighted by Crippen LogP contribution is -2.18.